The smallest absolute Gasteiger partial charge is 0.377 e. The predicted octanol–water partition coefficient (Wildman–Crippen LogP) is 1.28. The van der Waals surface area contributed by atoms with E-state index in [0.29, 0.717) is 11.1 Å². The predicted molar refractivity (Wildman–Crippen MR) is 56.1 cm³/mol. The molecular weight excluding hydrogens is 212 g/mol. The topological polar surface area (TPSA) is 83.8 Å². The van der Waals surface area contributed by atoms with Gasteiger partial charge in [0.25, 0.3) is 5.78 Å². The van der Waals surface area contributed by atoms with Gasteiger partial charge in [-0.3, -0.25) is 4.79 Å². The largest absolute Gasteiger partial charge is 0.504 e. The van der Waals surface area contributed by atoms with E-state index >= 15 is 0 Å². The van der Waals surface area contributed by atoms with Gasteiger partial charge < -0.3 is 14.9 Å². The third-order valence-electron chi connectivity index (χ3n) is 2.43. The molecule has 0 aromatic heterocycles. The van der Waals surface area contributed by atoms with Crippen LogP contribution in [0, 0.1) is 13.8 Å². The lowest BCUT2D eigenvalue weighted by molar-refractivity contribution is -0.131. The highest BCUT2D eigenvalue weighted by Crippen LogP contribution is 2.34. The van der Waals surface area contributed by atoms with E-state index in [1.165, 1.54) is 7.11 Å². The fraction of sp³-hybridized carbons (Fsp3) is 0.273. The quantitative estimate of drug-likeness (QED) is 0.597. The summed E-state index contributed by atoms with van der Waals surface area (Å²) in [7, 11) is 1.33. The van der Waals surface area contributed by atoms with Crippen molar-refractivity contribution in [3.63, 3.8) is 0 Å². The lowest BCUT2D eigenvalue weighted by Crippen LogP contribution is -2.15. The first-order valence-electron chi connectivity index (χ1n) is 4.55. The first-order valence-corrected chi connectivity index (χ1v) is 4.55. The first-order chi connectivity index (χ1) is 7.40. The normalized spacial score (nSPS) is 9.94. The van der Waals surface area contributed by atoms with Crippen LogP contribution in [-0.2, 0) is 4.79 Å². The Bertz CT molecular complexity index is 462. The second-order valence-corrected chi connectivity index (χ2v) is 3.38. The molecule has 0 fully saturated rings. The number of phenols is 1. The van der Waals surface area contributed by atoms with Gasteiger partial charge in [-0.1, -0.05) is 0 Å². The lowest BCUT2D eigenvalue weighted by atomic mass is 9.98. The van der Waals surface area contributed by atoms with Crippen molar-refractivity contribution >= 4 is 11.8 Å². The lowest BCUT2D eigenvalue weighted by Gasteiger charge is -2.12. The summed E-state index contributed by atoms with van der Waals surface area (Å²) in [6, 6.07) is 1.54. The highest BCUT2D eigenvalue weighted by atomic mass is 16.5. The molecule has 0 saturated carbocycles. The summed E-state index contributed by atoms with van der Waals surface area (Å²) in [5.41, 5.74) is 0.898. The Morgan fingerprint density at radius 2 is 1.88 bits per heavy atom. The van der Waals surface area contributed by atoms with Crippen LogP contribution >= 0.6 is 0 Å². The molecule has 0 radical (unpaired) electrons. The van der Waals surface area contributed by atoms with Crippen molar-refractivity contribution in [1.29, 1.82) is 0 Å². The van der Waals surface area contributed by atoms with Crippen LogP contribution in [-0.4, -0.2) is 29.1 Å². The van der Waals surface area contributed by atoms with Crippen molar-refractivity contribution in [2.45, 2.75) is 13.8 Å². The molecule has 2 N–H and O–H groups in total. The third-order valence-corrected chi connectivity index (χ3v) is 2.43. The number of phenolic OH excluding ortho intramolecular Hbond substituents is 1. The average Bonchev–Trinajstić information content (AvgIpc) is 2.23. The van der Waals surface area contributed by atoms with E-state index in [0.717, 1.165) is 0 Å². The molecule has 0 bridgehead atoms. The standard InChI is InChI=1S/C11H12O5/c1-5-4-7(16-3)9(12)8(6(5)2)10(13)11(14)15/h4,12H,1-3H3,(H,14,15). The molecule has 0 aliphatic carbocycles. The highest BCUT2D eigenvalue weighted by Gasteiger charge is 2.24. The second-order valence-electron chi connectivity index (χ2n) is 3.38. The average molecular weight is 224 g/mol. The number of benzene rings is 1. The Hall–Kier alpha value is -2.04. The molecule has 0 unspecified atom stereocenters. The van der Waals surface area contributed by atoms with Gasteiger partial charge >= 0.3 is 5.97 Å². The minimum Gasteiger partial charge on any atom is -0.504 e. The fourth-order valence-corrected chi connectivity index (χ4v) is 1.41. The van der Waals surface area contributed by atoms with Crippen molar-refractivity contribution in [2.24, 2.45) is 0 Å². The maximum atomic E-state index is 11.4. The second kappa shape index (κ2) is 4.22. The molecule has 1 aromatic carbocycles. The molecule has 5 nitrogen and oxygen atoms in total. The number of ketones is 1. The summed E-state index contributed by atoms with van der Waals surface area (Å²) in [5, 5.41) is 18.3. The molecule has 1 aromatic rings. The molecule has 0 saturated heterocycles. The monoisotopic (exact) mass is 224 g/mol. The van der Waals surface area contributed by atoms with E-state index in [-0.39, 0.29) is 11.3 Å². The summed E-state index contributed by atoms with van der Waals surface area (Å²) in [6.07, 6.45) is 0. The maximum absolute atomic E-state index is 11.4. The third kappa shape index (κ3) is 1.84. The van der Waals surface area contributed by atoms with Crippen molar-refractivity contribution in [3.8, 4) is 11.5 Å². The molecular formula is C11H12O5. The van der Waals surface area contributed by atoms with Gasteiger partial charge in [-0.25, -0.2) is 4.79 Å². The fourth-order valence-electron chi connectivity index (χ4n) is 1.41. The summed E-state index contributed by atoms with van der Waals surface area (Å²) in [5.74, 6) is -3.09. The number of aryl methyl sites for hydroxylation is 1. The van der Waals surface area contributed by atoms with Crippen molar-refractivity contribution < 1.29 is 24.5 Å². The van der Waals surface area contributed by atoms with Gasteiger partial charge in [0.2, 0.25) is 0 Å². The van der Waals surface area contributed by atoms with Gasteiger partial charge in [0.05, 0.1) is 12.7 Å². The Morgan fingerprint density at radius 1 is 1.31 bits per heavy atom. The number of carboxylic acid groups (broad SMARTS) is 1. The van der Waals surface area contributed by atoms with Crippen LogP contribution in [0.15, 0.2) is 6.07 Å². The van der Waals surface area contributed by atoms with Crippen LogP contribution < -0.4 is 4.74 Å². The molecule has 1 rings (SSSR count). The molecule has 0 aliphatic rings. The number of carboxylic acids is 1. The van der Waals surface area contributed by atoms with Crippen LogP contribution in [0.2, 0.25) is 0 Å². The van der Waals surface area contributed by atoms with E-state index < -0.39 is 17.5 Å². The molecule has 5 heteroatoms. The van der Waals surface area contributed by atoms with Gasteiger partial charge in [0, 0.05) is 0 Å². The van der Waals surface area contributed by atoms with E-state index in [2.05, 4.69) is 0 Å². The highest BCUT2D eigenvalue weighted by molar-refractivity contribution is 6.41. The molecule has 86 valence electrons. The zero-order chi connectivity index (χ0) is 12.5. The zero-order valence-electron chi connectivity index (χ0n) is 9.20. The molecule has 0 atom stereocenters. The number of hydrogen-bond donors (Lipinski definition) is 2. The number of aromatic hydroxyl groups is 1. The number of aliphatic carboxylic acids is 1. The van der Waals surface area contributed by atoms with Crippen LogP contribution in [0.25, 0.3) is 0 Å². The SMILES string of the molecule is COc1cc(C)c(C)c(C(=O)C(=O)O)c1O. The number of rotatable bonds is 3. The Morgan fingerprint density at radius 3 is 2.31 bits per heavy atom. The number of carbonyl (C=O) groups excluding carboxylic acids is 1. The van der Waals surface area contributed by atoms with Crippen molar-refractivity contribution in [3.05, 3.63) is 22.8 Å². The van der Waals surface area contributed by atoms with E-state index in [1.807, 2.05) is 0 Å². The first kappa shape index (κ1) is 12.0. The Labute approximate surface area is 92.3 Å². The van der Waals surface area contributed by atoms with Gasteiger partial charge in [-0.2, -0.15) is 0 Å². The Kier molecular flexibility index (Phi) is 3.17. The van der Waals surface area contributed by atoms with Gasteiger partial charge in [0.1, 0.15) is 0 Å². The maximum Gasteiger partial charge on any atom is 0.377 e. The van der Waals surface area contributed by atoms with Crippen LogP contribution in [0.3, 0.4) is 0 Å². The minimum absolute atomic E-state index is 0.0905. The van der Waals surface area contributed by atoms with Gasteiger partial charge in [-0.05, 0) is 31.0 Å². The molecule has 0 heterocycles. The molecule has 0 amide bonds. The summed E-state index contributed by atoms with van der Waals surface area (Å²) in [6.45, 7) is 3.28. The van der Waals surface area contributed by atoms with Crippen molar-refractivity contribution in [1.82, 2.24) is 0 Å². The number of methoxy groups -OCH3 is 1. The van der Waals surface area contributed by atoms with Crippen LogP contribution in [0.4, 0.5) is 0 Å². The molecule has 0 aliphatic heterocycles. The van der Waals surface area contributed by atoms with Crippen LogP contribution in [0.5, 0.6) is 11.5 Å². The summed E-state index contributed by atoms with van der Waals surface area (Å²) in [4.78, 5) is 22.0. The van der Waals surface area contributed by atoms with Gasteiger partial charge in [-0.15, -0.1) is 0 Å². The van der Waals surface area contributed by atoms with E-state index in [4.69, 9.17) is 9.84 Å². The number of Topliss-reactive ketones (excluding diaryl/α,β-unsaturated/α-hetero) is 1. The molecule has 0 spiro atoms. The van der Waals surface area contributed by atoms with E-state index in [1.54, 1.807) is 19.9 Å². The zero-order valence-corrected chi connectivity index (χ0v) is 9.20. The molecule has 16 heavy (non-hydrogen) atoms. The van der Waals surface area contributed by atoms with Crippen LogP contribution in [0.1, 0.15) is 21.5 Å². The van der Waals surface area contributed by atoms with Gasteiger partial charge in [0.15, 0.2) is 11.5 Å². The number of carbonyl (C=O) groups is 2. The van der Waals surface area contributed by atoms with E-state index in [9.17, 15) is 14.7 Å². The summed E-state index contributed by atoms with van der Waals surface area (Å²) < 4.78 is 4.86. The van der Waals surface area contributed by atoms with Crippen molar-refractivity contribution in [2.75, 3.05) is 7.11 Å². The summed E-state index contributed by atoms with van der Waals surface area (Å²) >= 11 is 0. The minimum atomic E-state index is -1.61. The Balaban J connectivity index is 3.53. The number of ether oxygens (including phenoxy) is 1. The number of hydrogen-bond acceptors (Lipinski definition) is 4.